The zero-order chi connectivity index (χ0) is 9.26. The molecular weight excluding hydrogens is 184 g/mol. The van der Waals surface area contributed by atoms with Gasteiger partial charge in [-0.25, -0.2) is 0 Å². The Morgan fingerprint density at radius 3 is 2.77 bits per heavy atom. The Morgan fingerprint density at radius 1 is 1.54 bits per heavy atom. The van der Waals surface area contributed by atoms with Crippen LogP contribution in [0.15, 0.2) is 6.20 Å². The highest BCUT2D eigenvalue weighted by atomic mass is 32.1. The minimum absolute atomic E-state index is 0.535. The molecule has 1 N–H and O–H groups in total. The molecule has 1 aliphatic rings. The lowest BCUT2D eigenvalue weighted by Crippen LogP contribution is -2.20. The maximum atomic E-state index is 5.32. The highest BCUT2D eigenvalue weighted by Gasteiger charge is 2.17. The molecule has 1 fully saturated rings. The van der Waals surface area contributed by atoms with Crippen LogP contribution in [0.2, 0.25) is 0 Å². The average Bonchev–Trinajstić information content (AvgIpc) is 2.48. The highest BCUT2D eigenvalue weighted by molar-refractivity contribution is 7.71. The van der Waals surface area contributed by atoms with Crippen molar-refractivity contribution in [2.75, 3.05) is 13.2 Å². The summed E-state index contributed by atoms with van der Waals surface area (Å²) in [5.74, 6) is 0. The van der Waals surface area contributed by atoms with Gasteiger partial charge in [-0.05, 0) is 32.0 Å². The second-order valence-electron chi connectivity index (χ2n) is 3.45. The van der Waals surface area contributed by atoms with Crippen LogP contribution < -0.4 is 0 Å². The van der Waals surface area contributed by atoms with Gasteiger partial charge in [-0.2, -0.15) is 0 Å². The standard InChI is InChI=1S/C9H14N2OS/c1-7-6-10-9(13)11(7)8-2-4-12-5-3-8/h6,8H,2-5H2,1H3,(H,10,13). The second kappa shape index (κ2) is 3.64. The first kappa shape index (κ1) is 8.97. The van der Waals surface area contributed by atoms with Crippen molar-refractivity contribution in [3.05, 3.63) is 16.7 Å². The lowest BCUT2D eigenvalue weighted by molar-refractivity contribution is 0.0687. The van der Waals surface area contributed by atoms with E-state index in [1.165, 1.54) is 5.69 Å². The molecule has 1 aromatic heterocycles. The van der Waals surface area contributed by atoms with Gasteiger partial charge in [0.15, 0.2) is 4.77 Å². The molecule has 0 aliphatic carbocycles. The van der Waals surface area contributed by atoms with Crippen LogP contribution in [-0.2, 0) is 4.74 Å². The molecule has 13 heavy (non-hydrogen) atoms. The number of imidazole rings is 1. The molecule has 0 amide bonds. The van der Waals surface area contributed by atoms with E-state index in [1.54, 1.807) is 0 Å². The zero-order valence-corrected chi connectivity index (χ0v) is 8.56. The molecule has 0 aromatic carbocycles. The van der Waals surface area contributed by atoms with Gasteiger partial charge in [0.25, 0.3) is 0 Å². The molecule has 0 bridgehead atoms. The van der Waals surface area contributed by atoms with Crippen molar-refractivity contribution in [1.29, 1.82) is 0 Å². The van der Waals surface area contributed by atoms with Crippen molar-refractivity contribution < 1.29 is 4.74 Å². The summed E-state index contributed by atoms with van der Waals surface area (Å²) in [7, 11) is 0. The SMILES string of the molecule is Cc1c[nH]c(=S)n1C1CCOCC1. The quantitative estimate of drug-likeness (QED) is 0.701. The second-order valence-corrected chi connectivity index (χ2v) is 3.84. The monoisotopic (exact) mass is 198 g/mol. The molecule has 1 saturated heterocycles. The Morgan fingerprint density at radius 2 is 2.23 bits per heavy atom. The van der Waals surface area contributed by atoms with Crippen molar-refractivity contribution in [3.63, 3.8) is 0 Å². The third kappa shape index (κ3) is 1.69. The Balaban J connectivity index is 2.27. The van der Waals surface area contributed by atoms with Crippen molar-refractivity contribution in [2.24, 2.45) is 0 Å². The fourth-order valence-electron chi connectivity index (χ4n) is 1.86. The molecule has 3 nitrogen and oxygen atoms in total. The van der Waals surface area contributed by atoms with E-state index in [9.17, 15) is 0 Å². The Labute approximate surface area is 82.7 Å². The van der Waals surface area contributed by atoms with Gasteiger partial charge in [-0.15, -0.1) is 0 Å². The van der Waals surface area contributed by atoms with Crippen LogP contribution in [0.25, 0.3) is 0 Å². The topological polar surface area (TPSA) is 29.9 Å². The summed E-state index contributed by atoms with van der Waals surface area (Å²) in [6, 6.07) is 0.535. The Kier molecular flexibility index (Phi) is 2.51. The molecule has 1 aliphatic heterocycles. The fourth-order valence-corrected chi connectivity index (χ4v) is 2.21. The minimum Gasteiger partial charge on any atom is -0.381 e. The number of aryl methyl sites for hydroxylation is 1. The predicted octanol–water partition coefficient (Wildman–Crippen LogP) is 2.21. The van der Waals surface area contributed by atoms with Crippen molar-refractivity contribution in [2.45, 2.75) is 25.8 Å². The van der Waals surface area contributed by atoms with Crippen LogP contribution in [0.1, 0.15) is 24.6 Å². The molecule has 4 heteroatoms. The number of ether oxygens (including phenoxy) is 1. The third-order valence-electron chi connectivity index (χ3n) is 2.56. The highest BCUT2D eigenvalue weighted by Crippen LogP contribution is 2.22. The smallest absolute Gasteiger partial charge is 0.177 e. The molecule has 0 unspecified atom stereocenters. The van der Waals surface area contributed by atoms with E-state index in [-0.39, 0.29) is 0 Å². The van der Waals surface area contributed by atoms with E-state index >= 15 is 0 Å². The van der Waals surface area contributed by atoms with E-state index in [0.29, 0.717) is 6.04 Å². The van der Waals surface area contributed by atoms with Gasteiger partial charge in [0.2, 0.25) is 0 Å². The van der Waals surface area contributed by atoms with Crippen LogP contribution >= 0.6 is 12.2 Å². The van der Waals surface area contributed by atoms with Crippen LogP contribution in [-0.4, -0.2) is 22.8 Å². The lowest BCUT2D eigenvalue weighted by Gasteiger charge is -2.24. The normalized spacial score (nSPS) is 19.2. The summed E-state index contributed by atoms with van der Waals surface area (Å²) in [5.41, 5.74) is 1.22. The minimum atomic E-state index is 0.535. The first-order chi connectivity index (χ1) is 6.29. The van der Waals surface area contributed by atoms with Gasteiger partial charge in [0, 0.05) is 31.1 Å². The fraction of sp³-hybridized carbons (Fsp3) is 0.667. The molecule has 0 radical (unpaired) electrons. The van der Waals surface area contributed by atoms with Crippen LogP contribution in [0.3, 0.4) is 0 Å². The van der Waals surface area contributed by atoms with Crippen molar-refractivity contribution in [1.82, 2.24) is 9.55 Å². The summed E-state index contributed by atoms with van der Waals surface area (Å²) in [5, 5.41) is 0. The molecule has 2 heterocycles. The van der Waals surface area contributed by atoms with Gasteiger partial charge in [0.05, 0.1) is 0 Å². The number of aromatic nitrogens is 2. The maximum absolute atomic E-state index is 5.32. The third-order valence-corrected chi connectivity index (χ3v) is 2.87. The summed E-state index contributed by atoms with van der Waals surface area (Å²) in [6.07, 6.45) is 4.12. The average molecular weight is 198 g/mol. The van der Waals surface area contributed by atoms with Gasteiger partial charge in [-0.1, -0.05) is 0 Å². The van der Waals surface area contributed by atoms with Crippen molar-refractivity contribution in [3.8, 4) is 0 Å². The molecular formula is C9H14N2OS. The Hall–Kier alpha value is -0.610. The first-order valence-corrected chi connectivity index (χ1v) is 5.04. The molecule has 0 spiro atoms. The van der Waals surface area contributed by atoms with Gasteiger partial charge in [0.1, 0.15) is 0 Å². The van der Waals surface area contributed by atoms with Gasteiger partial charge >= 0.3 is 0 Å². The van der Waals surface area contributed by atoms with E-state index in [2.05, 4.69) is 16.5 Å². The van der Waals surface area contributed by atoms with Crippen LogP contribution in [0, 0.1) is 11.7 Å². The number of nitrogens with zero attached hydrogens (tertiary/aromatic N) is 1. The van der Waals surface area contributed by atoms with E-state index in [0.717, 1.165) is 30.8 Å². The Bertz CT molecular complexity index is 336. The number of nitrogens with one attached hydrogen (secondary N) is 1. The maximum Gasteiger partial charge on any atom is 0.177 e. The first-order valence-electron chi connectivity index (χ1n) is 4.63. The summed E-state index contributed by atoms with van der Waals surface area (Å²) < 4.78 is 8.36. The summed E-state index contributed by atoms with van der Waals surface area (Å²) in [4.78, 5) is 3.07. The van der Waals surface area contributed by atoms with E-state index in [4.69, 9.17) is 17.0 Å². The summed E-state index contributed by atoms with van der Waals surface area (Å²) in [6.45, 7) is 3.80. The van der Waals surface area contributed by atoms with E-state index in [1.807, 2.05) is 6.20 Å². The van der Waals surface area contributed by atoms with Gasteiger partial charge < -0.3 is 14.3 Å². The number of aromatic amines is 1. The van der Waals surface area contributed by atoms with Crippen LogP contribution in [0.5, 0.6) is 0 Å². The number of H-pyrrole nitrogens is 1. The lowest BCUT2D eigenvalue weighted by atomic mass is 10.1. The number of rotatable bonds is 1. The number of hydrogen-bond acceptors (Lipinski definition) is 2. The van der Waals surface area contributed by atoms with E-state index < -0.39 is 0 Å². The molecule has 0 atom stereocenters. The molecule has 72 valence electrons. The van der Waals surface area contributed by atoms with Crippen LogP contribution in [0.4, 0.5) is 0 Å². The molecule has 1 aromatic rings. The summed E-state index contributed by atoms with van der Waals surface area (Å²) >= 11 is 5.22. The molecule has 2 rings (SSSR count). The van der Waals surface area contributed by atoms with Gasteiger partial charge in [-0.3, -0.25) is 0 Å². The molecule has 0 saturated carbocycles. The largest absolute Gasteiger partial charge is 0.381 e. The number of hydrogen-bond donors (Lipinski definition) is 1. The van der Waals surface area contributed by atoms with Crippen molar-refractivity contribution >= 4 is 12.2 Å². The zero-order valence-electron chi connectivity index (χ0n) is 7.75. The predicted molar refractivity (Wildman–Crippen MR) is 53.4 cm³/mol.